The normalized spacial score (nSPS) is 28.6. The van der Waals surface area contributed by atoms with Crippen LogP contribution in [-0.2, 0) is 0 Å². The smallest absolute Gasteiger partial charge is 0.150 e. The van der Waals surface area contributed by atoms with E-state index in [-0.39, 0.29) is 0 Å². The number of nitrogens with zero attached hydrogens (tertiary/aromatic N) is 3. The summed E-state index contributed by atoms with van der Waals surface area (Å²) in [5, 5.41) is 3.65. The van der Waals surface area contributed by atoms with E-state index in [1.54, 1.807) is 12.4 Å². The van der Waals surface area contributed by atoms with E-state index in [4.69, 9.17) is 0 Å². The number of hydrogen-bond donors (Lipinski definition) is 1. The van der Waals surface area contributed by atoms with Crippen molar-refractivity contribution < 1.29 is 0 Å². The standard InChI is InChI=1S/C14H22N4/c1-11-14(17-8-7-15-11)18-9-3-4-12(10-18)13-5-2-6-16-13/h7-8,12-13,16H,2-6,9-10H2,1H3. The van der Waals surface area contributed by atoms with Gasteiger partial charge in [-0.05, 0) is 45.1 Å². The number of aromatic nitrogens is 2. The molecule has 0 bridgehead atoms. The Morgan fingerprint density at radius 2 is 2.11 bits per heavy atom. The van der Waals surface area contributed by atoms with Gasteiger partial charge < -0.3 is 10.2 Å². The highest BCUT2D eigenvalue weighted by molar-refractivity contribution is 5.42. The summed E-state index contributed by atoms with van der Waals surface area (Å²) in [4.78, 5) is 11.3. The summed E-state index contributed by atoms with van der Waals surface area (Å²) in [7, 11) is 0. The molecule has 3 heterocycles. The zero-order valence-corrected chi connectivity index (χ0v) is 11.1. The predicted octanol–water partition coefficient (Wildman–Crippen LogP) is 1.75. The molecule has 4 heteroatoms. The second-order valence-electron chi connectivity index (χ2n) is 5.52. The van der Waals surface area contributed by atoms with Crippen molar-refractivity contribution >= 4 is 5.82 Å². The summed E-state index contributed by atoms with van der Waals surface area (Å²) in [5.74, 6) is 1.86. The van der Waals surface area contributed by atoms with E-state index in [0.29, 0.717) is 0 Å². The van der Waals surface area contributed by atoms with Gasteiger partial charge in [-0.15, -0.1) is 0 Å². The first-order valence-corrected chi connectivity index (χ1v) is 7.10. The SMILES string of the molecule is Cc1nccnc1N1CCCC(C2CCCN2)C1. The fourth-order valence-corrected chi connectivity index (χ4v) is 3.36. The molecule has 18 heavy (non-hydrogen) atoms. The molecule has 0 saturated carbocycles. The summed E-state index contributed by atoms with van der Waals surface area (Å²) < 4.78 is 0. The van der Waals surface area contributed by atoms with Crippen molar-refractivity contribution in [2.45, 2.75) is 38.6 Å². The fourth-order valence-electron chi connectivity index (χ4n) is 3.36. The molecule has 1 aromatic rings. The van der Waals surface area contributed by atoms with Crippen LogP contribution in [0.2, 0.25) is 0 Å². The third-order valence-electron chi connectivity index (χ3n) is 4.28. The summed E-state index contributed by atoms with van der Waals surface area (Å²) in [6.45, 7) is 5.52. The lowest BCUT2D eigenvalue weighted by Gasteiger charge is -2.36. The molecule has 0 spiro atoms. The van der Waals surface area contributed by atoms with Gasteiger partial charge in [0.15, 0.2) is 0 Å². The Hall–Kier alpha value is -1.16. The van der Waals surface area contributed by atoms with Crippen LogP contribution in [-0.4, -0.2) is 35.6 Å². The van der Waals surface area contributed by atoms with Crippen molar-refractivity contribution in [1.29, 1.82) is 0 Å². The second kappa shape index (κ2) is 5.22. The van der Waals surface area contributed by atoms with Crippen LogP contribution >= 0.6 is 0 Å². The molecular formula is C14H22N4. The first-order chi connectivity index (χ1) is 8.84. The molecule has 0 aromatic carbocycles. The third kappa shape index (κ3) is 2.34. The Labute approximate surface area is 109 Å². The first kappa shape index (κ1) is 11.9. The van der Waals surface area contributed by atoms with Gasteiger partial charge in [-0.1, -0.05) is 0 Å². The number of piperidine rings is 1. The quantitative estimate of drug-likeness (QED) is 0.863. The maximum Gasteiger partial charge on any atom is 0.150 e. The Bertz CT molecular complexity index is 401. The van der Waals surface area contributed by atoms with Crippen molar-refractivity contribution in [3.63, 3.8) is 0 Å². The molecule has 98 valence electrons. The van der Waals surface area contributed by atoms with Gasteiger partial charge in [0.05, 0.1) is 5.69 Å². The highest BCUT2D eigenvalue weighted by Crippen LogP contribution is 2.27. The van der Waals surface area contributed by atoms with E-state index in [0.717, 1.165) is 36.6 Å². The number of nitrogens with one attached hydrogen (secondary N) is 1. The molecule has 0 radical (unpaired) electrons. The molecule has 2 aliphatic heterocycles. The Morgan fingerprint density at radius 3 is 2.89 bits per heavy atom. The summed E-state index contributed by atoms with van der Waals surface area (Å²) >= 11 is 0. The molecular weight excluding hydrogens is 224 g/mol. The Balaban J connectivity index is 1.72. The van der Waals surface area contributed by atoms with E-state index in [2.05, 4.69) is 27.1 Å². The van der Waals surface area contributed by atoms with Crippen molar-refractivity contribution in [2.75, 3.05) is 24.5 Å². The van der Waals surface area contributed by atoms with E-state index in [1.807, 2.05) is 0 Å². The summed E-state index contributed by atoms with van der Waals surface area (Å²) in [5.41, 5.74) is 1.05. The van der Waals surface area contributed by atoms with Crippen molar-refractivity contribution in [2.24, 2.45) is 5.92 Å². The number of anilines is 1. The van der Waals surface area contributed by atoms with Crippen LogP contribution in [0.25, 0.3) is 0 Å². The minimum absolute atomic E-state index is 0.727. The van der Waals surface area contributed by atoms with Crippen molar-refractivity contribution in [3.8, 4) is 0 Å². The molecule has 3 rings (SSSR count). The molecule has 2 atom stereocenters. The summed E-state index contributed by atoms with van der Waals surface area (Å²) in [6, 6.07) is 0.727. The van der Waals surface area contributed by atoms with E-state index < -0.39 is 0 Å². The average Bonchev–Trinajstić information content (AvgIpc) is 2.93. The van der Waals surface area contributed by atoms with Gasteiger partial charge in [0.2, 0.25) is 0 Å². The van der Waals surface area contributed by atoms with Crippen LogP contribution in [0.4, 0.5) is 5.82 Å². The zero-order chi connectivity index (χ0) is 12.4. The van der Waals surface area contributed by atoms with Gasteiger partial charge in [0.25, 0.3) is 0 Å². The predicted molar refractivity (Wildman–Crippen MR) is 72.7 cm³/mol. The molecule has 0 aliphatic carbocycles. The fraction of sp³-hybridized carbons (Fsp3) is 0.714. The van der Waals surface area contributed by atoms with Crippen molar-refractivity contribution in [3.05, 3.63) is 18.1 Å². The molecule has 1 N–H and O–H groups in total. The lowest BCUT2D eigenvalue weighted by atomic mass is 9.90. The van der Waals surface area contributed by atoms with Crippen LogP contribution in [0.15, 0.2) is 12.4 Å². The average molecular weight is 246 g/mol. The van der Waals surface area contributed by atoms with Gasteiger partial charge in [-0.2, -0.15) is 0 Å². The maximum atomic E-state index is 4.51. The van der Waals surface area contributed by atoms with E-state index in [9.17, 15) is 0 Å². The molecule has 2 unspecified atom stereocenters. The lowest BCUT2D eigenvalue weighted by Crippen LogP contribution is -2.44. The lowest BCUT2D eigenvalue weighted by molar-refractivity contribution is 0.327. The number of rotatable bonds is 2. The highest BCUT2D eigenvalue weighted by Gasteiger charge is 2.29. The van der Waals surface area contributed by atoms with Crippen LogP contribution in [0, 0.1) is 12.8 Å². The Morgan fingerprint density at radius 1 is 1.22 bits per heavy atom. The largest absolute Gasteiger partial charge is 0.355 e. The third-order valence-corrected chi connectivity index (χ3v) is 4.28. The zero-order valence-electron chi connectivity index (χ0n) is 11.1. The first-order valence-electron chi connectivity index (χ1n) is 7.10. The van der Waals surface area contributed by atoms with Gasteiger partial charge in [-0.25, -0.2) is 4.98 Å². The second-order valence-corrected chi connectivity index (χ2v) is 5.52. The van der Waals surface area contributed by atoms with Crippen LogP contribution in [0.1, 0.15) is 31.4 Å². The van der Waals surface area contributed by atoms with Crippen molar-refractivity contribution in [1.82, 2.24) is 15.3 Å². The minimum Gasteiger partial charge on any atom is -0.355 e. The molecule has 1 aromatic heterocycles. The summed E-state index contributed by atoms with van der Waals surface area (Å²) in [6.07, 6.45) is 8.90. The van der Waals surface area contributed by atoms with Gasteiger partial charge in [0.1, 0.15) is 5.82 Å². The molecule has 2 saturated heterocycles. The van der Waals surface area contributed by atoms with E-state index in [1.165, 1.54) is 32.2 Å². The minimum atomic E-state index is 0.727. The van der Waals surface area contributed by atoms with Gasteiger partial charge >= 0.3 is 0 Å². The van der Waals surface area contributed by atoms with Gasteiger partial charge in [0, 0.05) is 31.5 Å². The van der Waals surface area contributed by atoms with Crippen LogP contribution < -0.4 is 10.2 Å². The topological polar surface area (TPSA) is 41.1 Å². The molecule has 2 aliphatic rings. The van der Waals surface area contributed by atoms with Crippen LogP contribution in [0.5, 0.6) is 0 Å². The molecule has 0 amide bonds. The highest BCUT2D eigenvalue weighted by atomic mass is 15.2. The molecule has 2 fully saturated rings. The maximum absolute atomic E-state index is 4.51. The number of aryl methyl sites for hydroxylation is 1. The number of hydrogen-bond acceptors (Lipinski definition) is 4. The van der Waals surface area contributed by atoms with Gasteiger partial charge in [-0.3, -0.25) is 4.98 Å². The Kier molecular flexibility index (Phi) is 3.46. The molecule has 4 nitrogen and oxygen atoms in total. The van der Waals surface area contributed by atoms with E-state index >= 15 is 0 Å². The monoisotopic (exact) mass is 246 g/mol. The van der Waals surface area contributed by atoms with Crippen LogP contribution in [0.3, 0.4) is 0 Å².